The quantitative estimate of drug-likeness (QED) is 0.232. The van der Waals surface area contributed by atoms with Crippen molar-refractivity contribution in [3.8, 4) is 0 Å². The second-order valence-electron chi connectivity index (χ2n) is 9.71. The number of allylic oxidation sites excluding steroid dienone is 3. The normalized spacial score (nSPS) is 25.9. The lowest BCUT2D eigenvalue weighted by Gasteiger charge is -2.29. The lowest BCUT2D eigenvalue weighted by Crippen LogP contribution is -2.42. The molecule has 0 aliphatic heterocycles. The van der Waals surface area contributed by atoms with E-state index in [0.717, 1.165) is 38.5 Å². The summed E-state index contributed by atoms with van der Waals surface area (Å²) in [6.07, 6.45) is 22.2. The van der Waals surface area contributed by atoms with Crippen LogP contribution in [0.3, 0.4) is 0 Å². The van der Waals surface area contributed by atoms with Gasteiger partial charge in [0.2, 0.25) is 0 Å². The summed E-state index contributed by atoms with van der Waals surface area (Å²) in [5.41, 5.74) is 0. The van der Waals surface area contributed by atoms with Gasteiger partial charge >= 0.3 is 11.9 Å². The molecule has 3 rings (SSSR count). The highest BCUT2D eigenvalue weighted by Gasteiger charge is 2.38. The van der Waals surface area contributed by atoms with E-state index in [0.29, 0.717) is 24.9 Å². The van der Waals surface area contributed by atoms with Crippen LogP contribution in [0.4, 0.5) is 0 Å². The van der Waals surface area contributed by atoms with Crippen molar-refractivity contribution in [2.24, 2.45) is 16.8 Å². The van der Waals surface area contributed by atoms with Gasteiger partial charge < -0.3 is 14.8 Å². The smallest absolute Gasteiger partial charge is 0.317 e. The van der Waals surface area contributed by atoms with Gasteiger partial charge in [-0.05, 0) is 51.5 Å². The zero-order chi connectivity index (χ0) is 23.3. The van der Waals surface area contributed by atoms with Crippen LogP contribution in [0.25, 0.3) is 0 Å². The van der Waals surface area contributed by atoms with Crippen molar-refractivity contribution in [3.05, 3.63) is 24.3 Å². The minimum absolute atomic E-state index is 0.216. The number of hydrogen-bond donors (Lipinski definition) is 1. The highest BCUT2D eigenvalue weighted by Crippen LogP contribution is 2.32. The zero-order valence-corrected chi connectivity index (χ0v) is 20.3. The average Bonchev–Trinajstić information content (AvgIpc) is 2.85. The van der Waals surface area contributed by atoms with E-state index in [-0.39, 0.29) is 24.6 Å². The van der Waals surface area contributed by atoms with Crippen LogP contribution in [-0.4, -0.2) is 36.7 Å². The number of hydrogen-bond acceptors (Lipinski definition) is 5. The monoisotopic (exact) mass is 458 g/mol. The zero-order valence-electron chi connectivity index (χ0n) is 20.3. The van der Waals surface area contributed by atoms with E-state index in [1.807, 2.05) is 25.2 Å². The van der Waals surface area contributed by atoms with Crippen LogP contribution < -0.4 is 5.32 Å². The molecule has 6 heteroatoms. The third kappa shape index (κ3) is 8.63. The molecule has 0 aromatic rings. The Balaban J connectivity index is 1.63. The molecule has 0 saturated heterocycles. The molecular weight excluding hydrogens is 416 g/mol. The van der Waals surface area contributed by atoms with Crippen LogP contribution in [0.1, 0.15) is 96.8 Å². The van der Waals surface area contributed by atoms with Crippen LogP contribution in [0.2, 0.25) is 0 Å². The van der Waals surface area contributed by atoms with Crippen molar-refractivity contribution in [2.45, 2.75) is 109 Å². The minimum atomic E-state index is -0.463. The Morgan fingerprint density at radius 1 is 0.818 bits per heavy atom. The molecule has 0 aromatic heterocycles. The Labute approximate surface area is 199 Å². The Morgan fingerprint density at radius 3 is 2.09 bits per heavy atom. The summed E-state index contributed by atoms with van der Waals surface area (Å²) in [5.74, 6) is -1.53. The fraction of sp³-hybridized carbons (Fsp3) is 0.741. The molecular formula is C27H42N2O4. The first-order valence-corrected chi connectivity index (χ1v) is 13.2. The van der Waals surface area contributed by atoms with Crippen molar-refractivity contribution in [2.75, 3.05) is 6.61 Å². The van der Waals surface area contributed by atoms with Crippen LogP contribution in [0, 0.1) is 11.8 Å². The van der Waals surface area contributed by atoms with Gasteiger partial charge in [-0.25, -0.2) is 4.99 Å². The van der Waals surface area contributed by atoms with E-state index in [2.05, 4.69) is 5.32 Å². The molecule has 1 N–H and O–H groups in total. The Kier molecular flexibility index (Phi) is 11.0. The molecule has 0 amide bonds. The maximum atomic E-state index is 13.2. The second kappa shape index (κ2) is 14.2. The molecule has 3 fully saturated rings. The molecule has 0 heterocycles. The molecule has 3 aliphatic rings. The molecule has 0 aromatic carbocycles. The molecule has 0 unspecified atom stereocenters. The summed E-state index contributed by atoms with van der Waals surface area (Å²) in [5, 5.41) is 3.45. The Hall–Kier alpha value is -2.11. The molecule has 3 saturated carbocycles. The number of carbonyl (C=O) groups is 2. The topological polar surface area (TPSA) is 77.0 Å². The number of carbonyl (C=O) groups excluding carboxylic acids is 2. The fourth-order valence-electron chi connectivity index (χ4n) is 5.24. The van der Waals surface area contributed by atoms with Crippen molar-refractivity contribution in [3.63, 3.8) is 0 Å². The largest absolute Gasteiger partial charge is 0.461 e. The lowest BCUT2D eigenvalue weighted by atomic mass is 9.79. The summed E-state index contributed by atoms with van der Waals surface area (Å²) in [4.78, 5) is 30.8. The number of aliphatic imine (C=N–C) groups is 1. The van der Waals surface area contributed by atoms with E-state index in [1.54, 1.807) is 6.08 Å². The highest BCUT2D eigenvalue weighted by atomic mass is 16.6. The maximum Gasteiger partial charge on any atom is 0.317 e. The number of esters is 2. The van der Waals surface area contributed by atoms with Crippen LogP contribution in [0.5, 0.6) is 0 Å². The van der Waals surface area contributed by atoms with Gasteiger partial charge in [-0.1, -0.05) is 69.6 Å². The fourth-order valence-corrected chi connectivity index (χ4v) is 5.24. The van der Waals surface area contributed by atoms with Gasteiger partial charge in [-0.15, -0.1) is 0 Å². The first-order chi connectivity index (χ1) is 16.2. The van der Waals surface area contributed by atoms with E-state index in [9.17, 15) is 9.59 Å². The van der Waals surface area contributed by atoms with E-state index >= 15 is 0 Å². The van der Waals surface area contributed by atoms with Crippen LogP contribution in [0.15, 0.2) is 29.3 Å². The first-order valence-electron chi connectivity index (χ1n) is 13.2. The van der Waals surface area contributed by atoms with Gasteiger partial charge in [0.05, 0.1) is 17.9 Å². The summed E-state index contributed by atoms with van der Waals surface area (Å²) >= 11 is 0. The Morgan fingerprint density at radius 2 is 1.42 bits per heavy atom. The summed E-state index contributed by atoms with van der Waals surface area (Å²) in [6.45, 7) is 2.16. The molecule has 33 heavy (non-hydrogen) atoms. The number of rotatable bonds is 7. The lowest BCUT2D eigenvalue weighted by molar-refractivity contribution is -0.158. The molecule has 6 nitrogen and oxygen atoms in total. The molecule has 2 atom stereocenters. The van der Waals surface area contributed by atoms with Gasteiger partial charge in [-0.2, -0.15) is 0 Å². The molecule has 0 bridgehead atoms. The number of nitrogens with zero attached hydrogens (tertiary/aromatic N) is 1. The maximum absolute atomic E-state index is 13.2. The number of ether oxygens (including phenoxy) is 2. The van der Waals surface area contributed by atoms with Gasteiger partial charge in [0.15, 0.2) is 0 Å². The third-order valence-electron chi connectivity index (χ3n) is 7.14. The van der Waals surface area contributed by atoms with Gasteiger partial charge in [0, 0.05) is 6.04 Å². The standard InChI is InChI=1S/C27H42N2O4/c1-2-3-4-13-20-32-25(30)23-18-11-12-19-24(23)26(31)33-27(28-21-14-7-5-8-15-21)29-22-16-9-6-10-17-22/h2-4,13,21-24H,5-12,14-20H2,1H3,(H,28,29)/b3-2+,13-4+/t23-,24-/m0/s1. The number of amidine groups is 1. The van der Waals surface area contributed by atoms with Gasteiger partial charge in [0.1, 0.15) is 6.61 Å². The predicted molar refractivity (Wildman–Crippen MR) is 131 cm³/mol. The van der Waals surface area contributed by atoms with Gasteiger partial charge in [0.25, 0.3) is 6.02 Å². The summed E-state index contributed by atoms with van der Waals surface area (Å²) in [7, 11) is 0. The van der Waals surface area contributed by atoms with Crippen molar-refractivity contribution in [1.82, 2.24) is 5.32 Å². The van der Waals surface area contributed by atoms with E-state index in [1.165, 1.54) is 38.5 Å². The SMILES string of the molecule is C/C=C/C=C/COC(=O)[C@H]1CCCC[C@@H]1C(=O)OC(=NC1CCCCC1)NC1CCCCC1. The summed E-state index contributed by atoms with van der Waals surface area (Å²) < 4.78 is 11.3. The van der Waals surface area contributed by atoms with Crippen molar-refractivity contribution in [1.29, 1.82) is 0 Å². The van der Waals surface area contributed by atoms with E-state index in [4.69, 9.17) is 14.5 Å². The highest BCUT2D eigenvalue weighted by molar-refractivity contribution is 5.91. The first kappa shape index (κ1) is 25.5. The second-order valence-corrected chi connectivity index (χ2v) is 9.71. The van der Waals surface area contributed by atoms with E-state index < -0.39 is 11.8 Å². The average molecular weight is 459 g/mol. The van der Waals surface area contributed by atoms with Crippen LogP contribution >= 0.6 is 0 Å². The van der Waals surface area contributed by atoms with Gasteiger partial charge in [-0.3, -0.25) is 9.59 Å². The Bertz CT molecular complexity index is 703. The molecule has 184 valence electrons. The minimum Gasteiger partial charge on any atom is -0.461 e. The van der Waals surface area contributed by atoms with Crippen molar-refractivity contribution >= 4 is 18.0 Å². The third-order valence-corrected chi connectivity index (χ3v) is 7.14. The van der Waals surface area contributed by atoms with Crippen LogP contribution in [-0.2, 0) is 19.1 Å². The van der Waals surface area contributed by atoms with Crippen molar-refractivity contribution < 1.29 is 19.1 Å². The molecule has 0 spiro atoms. The number of nitrogens with one attached hydrogen (secondary N) is 1. The molecule has 0 radical (unpaired) electrons. The summed E-state index contributed by atoms with van der Waals surface area (Å²) in [6, 6.07) is 0.907. The molecule has 3 aliphatic carbocycles. The predicted octanol–water partition coefficient (Wildman–Crippen LogP) is 5.62.